The maximum absolute atomic E-state index is 11.6. The summed E-state index contributed by atoms with van der Waals surface area (Å²) < 4.78 is 21.7. The first-order valence-corrected chi connectivity index (χ1v) is 7.42. The lowest BCUT2D eigenvalue weighted by Crippen LogP contribution is -2.46. The summed E-state index contributed by atoms with van der Waals surface area (Å²) in [7, 11) is 4.81. The fraction of sp³-hybridized carbons (Fsp3) is 0.800. The summed E-state index contributed by atoms with van der Waals surface area (Å²) in [4.78, 5) is 33.2. The highest BCUT2D eigenvalue weighted by atomic mass is 16.7. The Morgan fingerprint density at radius 3 is 2.08 bits per heavy atom. The van der Waals surface area contributed by atoms with E-state index < -0.39 is 17.9 Å². The van der Waals surface area contributed by atoms with Gasteiger partial charge in [-0.25, -0.2) is 0 Å². The Bertz CT molecular complexity index is 492. The SMILES string of the molecule is CC(=O)O.COC1OC2(COC(C)=O)C(OC)C2C1N(C)C(C)=O. The summed E-state index contributed by atoms with van der Waals surface area (Å²) in [5.74, 6) is -1.35. The van der Waals surface area contributed by atoms with Gasteiger partial charge in [0.1, 0.15) is 12.2 Å². The van der Waals surface area contributed by atoms with Crippen molar-refractivity contribution in [1.82, 2.24) is 4.90 Å². The number of ether oxygens (including phenoxy) is 4. The number of carbonyl (C=O) groups excluding carboxylic acids is 2. The molecular weight excluding hydrogens is 322 g/mol. The van der Waals surface area contributed by atoms with Crippen LogP contribution in [-0.2, 0) is 33.3 Å². The molecule has 2 fully saturated rings. The molecule has 2 aliphatic rings. The molecule has 0 spiro atoms. The molecule has 5 unspecified atom stereocenters. The largest absolute Gasteiger partial charge is 0.481 e. The molecule has 1 saturated carbocycles. The molecule has 1 amide bonds. The van der Waals surface area contributed by atoms with Gasteiger partial charge in [-0.3, -0.25) is 14.4 Å². The van der Waals surface area contributed by atoms with Gasteiger partial charge in [-0.1, -0.05) is 0 Å². The first-order valence-electron chi connectivity index (χ1n) is 7.42. The van der Waals surface area contributed by atoms with Gasteiger partial charge in [0.15, 0.2) is 6.29 Å². The fourth-order valence-electron chi connectivity index (χ4n) is 3.07. The van der Waals surface area contributed by atoms with Gasteiger partial charge in [-0.2, -0.15) is 0 Å². The van der Waals surface area contributed by atoms with E-state index in [1.165, 1.54) is 21.0 Å². The maximum atomic E-state index is 11.6. The van der Waals surface area contributed by atoms with Crippen molar-refractivity contribution in [3.8, 4) is 0 Å². The van der Waals surface area contributed by atoms with Crippen molar-refractivity contribution < 1.29 is 38.4 Å². The highest BCUT2D eigenvalue weighted by Gasteiger charge is 2.78. The van der Waals surface area contributed by atoms with Gasteiger partial charge in [0.25, 0.3) is 5.97 Å². The molecule has 24 heavy (non-hydrogen) atoms. The van der Waals surface area contributed by atoms with Crippen LogP contribution >= 0.6 is 0 Å². The number of amides is 1. The van der Waals surface area contributed by atoms with E-state index in [4.69, 9.17) is 28.8 Å². The van der Waals surface area contributed by atoms with Crippen molar-refractivity contribution in [2.75, 3.05) is 27.9 Å². The summed E-state index contributed by atoms with van der Waals surface area (Å²) in [6, 6.07) is -0.252. The molecule has 1 heterocycles. The van der Waals surface area contributed by atoms with Crippen LogP contribution in [0.3, 0.4) is 0 Å². The van der Waals surface area contributed by atoms with E-state index in [9.17, 15) is 9.59 Å². The Balaban J connectivity index is 0.000000648. The molecule has 5 atom stereocenters. The number of methoxy groups -OCH3 is 2. The average Bonchev–Trinajstić information content (AvgIpc) is 2.97. The number of rotatable bonds is 5. The second-order valence-corrected chi connectivity index (χ2v) is 5.78. The Hall–Kier alpha value is -1.71. The molecule has 0 aromatic heterocycles. The third-order valence-electron chi connectivity index (χ3n) is 4.18. The number of fused-ring (bicyclic) bond motifs is 1. The number of aliphatic carboxylic acids is 1. The van der Waals surface area contributed by atoms with Crippen LogP contribution in [0.2, 0.25) is 0 Å². The second kappa shape index (κ2) is 7.91. The summed E-state index contributed by atoms with van der Waals surface area (Å²) in [6.45, 7) is 4.02. The third-order valence-corrected chi connectivity index (χ3v) is 4.18. The molecule has 1 aliphatic carbocycles. The van der Waals surface area contributed by atoms with Crippen LogP contribution in [0.25, 0.3) is 0 Å². The zero-order chi connectivity index (χ0) is 18.7. The van der Waals surface area contributed by atoms with E-state index in [1.54, 1.807) is 19.1 Å². The third kappa shape index (κ3) is 4.03. The fourth-order valence-corrected chi connectivity index (χ4v) is 3.07. The minimum atomic E-state index is -0.833. The van der Waals surface area contributed by atoms with Crippen molar-refractivity contribution in [2.45, 2.75) is 44.8 Å². The van der Waals surface area contributed by atoms with Crippen LogP contribution in [0.4, 0.5) is 0 Å². The molecule has 0 bridgehead atoms. The summed E-state index contributed by atoms with van der Waals surface area (Å²) in [5.41, 5.74) is -0.713. The maximum Gasteiger partial charge on any atom is 0.302 e. The lowest BCUT2D eigenvalue weighted by molar-refractivity contribution is -0.192. The van der Waals surface area contributed by atoms with Gasteiger partial charge in [0, 0.05) is 48.0 Å². The molecule has 9 heteroatoms. The highest BCUT2D eigenvalue weighted by molar-refractivity contribution is 5.73. The first kappa shape index (κ1) is 20.3. The zero-order valence-corrected chi connectivity index (χ0v) is 14.8. The Labute approximate surface area is 140 Å². The second-order valence-electron chi connectivity index (χ2n) is 5.78. The quantitative estimate of drug-likeness (QED) is 0.685. The van der Waals surface area contributed by atoms with E-state index in [-0.39, 0.29) is 36.5 Å². The number of carbonyl (C=O) groups is 3. The predicted octanol–water partition coefficient (Wildman–Crippen LogP) is -0.126. The molecule has 1 N–H and O–H groups in total. The van der Waals surface area contributed by atoms with Crippen molar-refractivity contribution in [3.05, 3.63) is 0 Å². The molecule has 0 aromatic carbocycles. The minimum absolute atomic E-state index is 0.0642. The number of hydrogen-bond acceptors (Lipinski definition) is 7. The van der Waals surface area contributed by atoms with E-state index in [0.717, 1.165) is 6.92 Å². The normalized spacial score (nSPS) is 32.9. The molecular formula is C15H25NO8. The zero-order valence-electron chi connectivity index (χ0n) is 14.8. The molecule has 0 aromatic rings. The topological polar surface area (TPSA) is 112 Å². The van der Waals surface area contributed by atoms with E-state index in [1.807, 2.05) is 0 Å². The van der Waals surface area contributed by atoms with Crippen LogP contribution in [0.1, 0.15) is 20.8 Å². The molecule has 1 aliphatic heterocycles. The number of likely N-dealkylation sites (N-methyl/N-ethyl adjacent to an activating group) is 1. The Kier molecular flexibility index (Phi) is 6.70. The summed E-state index contributed by atoms with van der Waals surface area (Å²) in [6.07, 6.45) is -0.754. The predicted molar refractivity (Wildman–Crippen MR) is 81.1 cm³/mol. The molecule has 1 saturated heterocycles. The first-order chi connectivity index (χ1) is 11.1. The van der Waals surface area contributed by atoms with Crippen molar-refractivity contribution >= 4 is 17.8 Å². The smallest absolute Gasteiger partial charge is 0.302 e. The van der Waals surface area contributed by atoms with Crippen molar-refractivity contribution in [1.29, 1.82) is 0 Å². The van der Waals surface area contributed by atoms with Crippen LogP contribution in [-0.4, -0.2) is 79.8 Å². The lowest BCUT2D eigenvalue weighted by Gasteiger charge is -2.30. The standard InChI is InChI=1S/C13H21NO6.C2H4O2/c1-7(15)14(3)10-9-11(17-4)13(9,6-19-8(2)16)20-12(10)18-5;1-2(3)4/h9-12H,6H2,1-5H3;1H3,(H,3,4). The Morgan fingerprint density at radius 1 is 1.17 bits per heavy atom. The average molecular weight is 347 g/mol. The Morgan fingerprint density at radius 2 is 1.71 bits per heavy atom. The number of hydrogen-bond donors (Lipinski definition) is 1. The van der Waals surface area contributed by atoms with Crippen molar-refractivity contribution in [3.63, 3.8) is 0 Å². The van der Waals surface area contributed by atoms with E-state index in [0.29, 0.717) is 0 Å². The molecule has 9 nitrogen and oxygen atoms in total. The van der Waals surface area contributed by atoms with Crippen LogP contribution < -0.4 is 0 Å². The van der Waals surface area contributed by atoms with E-state index in [2.05, 4.69) is 0 Å². The number of carboxylic acid groups (broad SMARTS) is 1. The van der Waals surface area contributed by atoms with Gasteiger partial charge in [0.2, 0.25) is 5.91 Å². The lowest BCUT2D eigenvalue weighted by atomic mass is 10.1. The molecule has 2 rings (SSSR count). The summed E-state index contributed by atoms with van der Waals surface area (Å²) >= 11 is 0. The van der Waals surface area contributed by atoms with Crippen LogP contribution in [0, 0.1) is 5.92 Å². The van der Waals surface area contributed by atoms with Gasteiger partial charge in [0.05, 0.1) is 12.1 Å². The van der Waals surface area contributed by atoms with Gasteiger partial charge >= 0.3 is 5.97 Å². The van der Waals surface area contributed by atoms with Gasteiger partial charge in [-0.05, 0) is 0 Å². The molecule has 0 radical (unpaired) electrons. The number of carboxylic acids is 1. The number of esters is 1. The van der Waals surface area contributed by atoms with Crippen LogP contribution in [0.5, 0.6) is 0 Å². The van der Waals surface area contributed by atoms with Gasteiger partial charge in [-0.15, -0.1) is 0 Å². The van der Waals surface area contributed by atoms with Gasteiger partial charge < -0.3 is 29.0 Å². The molecule has 138 valence electrons. The summed E-state index contributed by atoms with van der Waals surface area (Å²) in [5, 5.41) is 7.42. The van der Waals surface area contributed by atoms with Crippen molar-refractivity contribution in [2.24, 2.45) is 5.92 Å². The van der Waals surface area contributed by atoms with E-state index >= 15 is 0 Å². The number of nitrogens with zero attached hydrogens (tertiary/aromatic N) is 1. The minimum Gasteiger partial charge on any atom is -0.481 e. The van der Waals surface area contributed by atoms with Crippen LogP contribution in [0.15, 0.2) is 0 Å². The monoisotopic (exact) mass is 347 g/mol. The highest BCUT2D eigenvalue weighted by Crippen LogP contribution is 2.59.